The third-order valence-electron chi connectivity index (χ3n) is 4.34. The van der Waals surface area contributed by atoms with Gasteiger partial charge in [-0.25, -0.2) is 0 Å². The first kappa shape index (κ1) is 16.0. The number of likely N-dealkylation sites (tertiary alicyclic amines) is 1. The molecule has 120 valence electrons. The minimum Gasteiger partial charge on any atom is -0.340 e. The molecule has 1 saturated heterocycles. The molecule has 1 aromatic heterocycles. The number of Topliss-reactive ketones (excluding diaryl/α,β-unsaturated/α-hetero) is 1. The summed E-state index contributed by atoms with van der Waals surface area (Å²) in [5.74, 6) is 0.135. The van der Waals surface area contributed by atoms with E-state index in [0.717, 1.165) is 15.4 Å². The van der Waals surface area contributed by atoms with Gasteiger partial charge in [-0.1, -0.05) is 29.4 Å². The number of hydrogen-bond acceptors (Lipinski definition) is 2. The topological polar surface area (TPSA) is 42.3 Å². The fourth-order valence-corrected chi connectivity index (χ4v) is 3.68. The van der Waals surface area contributed by atoms with Gasteiger partial charge in [0.1, 0.15) is 0 Å². The summed E-state index contributed by atoms with van der Waals surface area (Å²) in [5.41, 5.74) is 0.950. The fraction of sp³-hybridized carbons (Fsp3) is 0.333. The Balaban J connectivity index is 1.63. The molecule has 5 heteroatoms. The van der Waals surface area contributed by atoms with E-state index in [9.17, 15) is 9.59 Å². The summed E-state index contributed by atoms with van der Waals surface area (Å²) < 4.78 is 3.02. The third-order valence-corrected chi connectivity index (χ3v) is 4.83. The Morgan fingerprint density at radius 2 is 2.09 bits per heavy atom. The number of benzene rings is 1. The van der Waals surface area contributed by atoms with E-state index in [1.165, 1.54) is 6.08 Å². The van der Waals surface area contributed by atoms with Crippen molar-refractivity contribution in [1.82, 2.24) is 9.47 Å². The van der Waals surface area contributed by atoms with Crippen molar-refractivity contribution in [2.24, 2.45) is 5.41 Å². The molecule has 3 rings (SSSR count). The largest absolute Gasteiger partial charge is 0.340 e. The number of carbonyl (C=O) groups excluding carboxylic acids is 2. The molecule has 4 nitrogen and oxygen atoms in total. The van der Waals surface area contributed by atoms with Gasteiger partial charge in [0, 0.05) is 46.5 Å². The van der Waals surface area contributed by atoms with Gasteiger partial charge in [0.15, 0.2) is 5.78 Å². The van der Waals surface area contributed by atoms with Crippen molar-refractivity contribution in [3.63, 3.8) is 0 Å². The molecule has 0 spiro atoms. The van der Waals surface area contributed by atoms with Crippen LogP contribution in [0.5, 0.6) is 0 Å². The number of halogens is 1. The molecule has 0 atom stereocenters. The Labute approximate surface area is 143 Å². The van der Waals surface area contributed by atoms with E-state index in [-0.39, 0.29) is 17.1 Å². The molecular formula is C18H19BrN2O2. The van der Waals surface area contributed by atoms with Gasteiger partial charge in [0.2, 0.25) is 5.91 Å². The number of nitrogens with zero attached hydrogens (tertiary/aromatic N) is 2. The van der Waals surface area contributed by atoms with Gasteiger partial charge in [-0.3, -0.25) is 9.59 Å². The fourth-order valence-electron chi connectivity index (χ4n) is 3.30. The van der Waals surface area contributed by atoms with E-state index < -0.39 is 0 Å². The van der Waals surface area contributed by atoms with Crippen LogP contribution in [-0.2, 0) is 16.1 Å². The Kier molecular flexibility index (Phi) is 4.15. The third kappa shape index (κ3) is 3.24. The summed E-state index contributed by atoms with van der Waals surface area (Å²) in [4.78, 5) is 25.7. The summed E-state index contributed by atoms with van der Waals surface area (Å²) >= 11 is 3.46. The number of fused-ring (bicyclic) bond motifs is 1. The Hall–Kier alpha value is -1.88. The average molecular weight is 375 g/mol. The van der Waals surface area contributed by atoms with Crippen LogP contribution < -0.4 is 0 Å². The molecule has 1 aliphatic rings. The maximum absolute atomic E-state index is 12.4. The highest BCUT2D eigenvalue weighted by Gasteiger charge is 2.41. The monoisotopic (exact) mass is 374 g/mol. The van der Waals surface area contributed by atoms with Crippen molar-refractivity contribution in [3.05, 3.63) is 47.6 Å². The van der Waals surface area contributed by atoms with Crippen LogP contribution in [0.1, 0.15) is 13.3 Å². The summed E-state index contributed by atoms with van der Waals surface area (Å²) in [7, 11) is 0. The lowest BCUT2D eigenvalue weighted by molar-refractivity contribution is -0.140. The van der Waals surface area contributed by atoms with Gasteiger partial charge in [0.25, 0.3) is 0 Å². The SMILES string of the molecule is C=CC(=O)N1CC(C)(CC(=O)Cn2ccc3cc(Br)ccc32)C1. The van der Waals surface area contributed by atoms with Crippen LogP contribution in [0.4, 0.5) is 0 Å². The second-order valence-corrected chi connectivity index (χ2v) is 7.49. The highest BCUT2D eigenvalue weighted by molar-refractivity contribution is 9.10. The molecule has 0 unspecified atom stereocenters. The maximum atomic E-state index is 12.4. The summed E-state index contributed by atoms with van der Waals surface area (Å²) in [6.45, 7) is 7.18. The normalized spacial score (nSPS) is 16.2. The number of hydrogen-bond donors (Lipinski definition) is 0. The van der Waals surface area contributed by atoms with E-state index >= 15 is 0 Å². The molecule has 0 N–H and O–H groups in total. The minimum absolute atomic E-state index is 0.0584. The van der Waals surface area contributed by atoms with Crippen LogP contribution in [0.3, 0.4) is 0 Å². The lowest BCUT2D eigenvalue weighted by Crippen LogP contribution is -2.57. The zero-order valence-electron chi connectivity index (χ0n) is 13.1. The van der Waals surface area contributed by atoms with Crippen molar-refractivity contribution in [3.8, 4) is 0 Å². The average Bonchev–Trinajstić information content (AvgIpc) is 2.85. The van der Waals surface area contributed by atoms with E-state index in [1.807, 2.05) is 35.0 Å². The number of aromatic nitrogens is 1. The van der Waals surface area contributed by atoms with Crippen molar-refractivity contribution < 1.29 is 9.59 Å². The van der Waals surface area contributed by atoms with E-state index in [0.29, 0.717) is 26.1 Å². The molecule has 0 saturated carbocycles. The molecule has 23 heavy (non-hydrogen) atoms. The highest BCUT2D eigenvalue weighted by Crippen LogP contribution is 2.34. The number of amides is 1. The van der Waals surface area contributed by atoms with E-state index in [1.54, 1.807) is 4.90 Å². The molecule has 0 bridgehead atoms. The van der Waals surface area contributed by atoms with Crippen molar-refractivity contribution in [2.45, 2.75) is 19.9 Å². The van der Waals surface area contributed by atoms with E-state index in [4.69, 9.17) is 0 Å². The smallest absolute Gasteiger partial charge is 0.245 e. The minimum atomic E-state index is -0.109. The number of rotatable bonds is 5. The molecule has 1 aliphatic heterocycles. The standard InChI is InChI=1S/C18H19BrN2O2/c1-3-17(23)21-11-18(2,12-21)9-15(22)10-20-7-6-13-8-14(19)4-5-16(13)20/h3-8H,1,9-12H2,2H3. The van der Waals surface area contributed by atoms with Crippen LogP contribution in [0.2, 0.25) is 0 Å². The van der Waals surface area contributed by atoms with Crippen molar-refractivity contribution >= 4 is 38.5 Å². The number of carbonyl (C=O) groups is 2. The van der Waals surface area contributed by atoms with E-state index in [2.05, 4.69) is 29.4 Å². The van der Waals surface area contributed by atoms with Crippen LogP contribution in [0, 0.1) is 5.41 Å². The second-order valence-electron chi connectivity index (χ2n) is 6.57. The second kappa shape index (κ2) is 5.96. The Morgan fingerprint density at radius 1 is 1.35 bits per heavy atom. The molecule has 1 amide bonds. The quantitative estimate of drug-likeness (QED) is 0.752. The molecule has 1 aromatic carbocycles. The van der Waals surface area contributed by atoms with Gasteiger partial charge < -0.3 is 9.47 Å². The van der Waals surface area contributed by atoms with Crippen LogP contribution in [0.25, 0.3) is 10.9 Å². The van der Waals surface area contributed by atoms with Gasteiger partial charge in [-0.05, 0) is 30.3 Å². The highest BCUT2D eigenvalue weighted by atomic mass is 79.9. The molecule has 0 aliphatic carbocycles. The first-order chi connectivity index (χ1) is 10.9. The van der Waals surface area contributed by atoms with Crippen LogP contribution >= 0.6 is 15.9 Å². The Morgan fingerprint density at radius 3 is 2.78 bits per heavy atom. The molecule has 0 radical (unpaired) electrons. The predicted octanol–water partition coefficient (Wildman–Crippen LogP) is 3.40. The zero-order chi connectivity index (χ0) is 16.6. The summed E-state index contributed by atoms with van der Waals surface area (Å²) in [5, 5.41) is 1.12. The molecule has 1 fully saturated rings. The van der Waals surface area contributed by atoms with Crippen LogP contribution in [0.15, 0.2) is 47.6 Å². The summed E-state index contributed by atoms with van der Waals surface area (Å²) in [6, 6.07) is 8.06. The van der Waals surface area contributed by atoms with Gasteiger partial charge in [-0.15, -0.1) is 0 Å². The molecule has 2 heterocycles. The zero-order valence-corrected chi connectivity index (χ0v) is 14.7. The predicted molar refractivity (Wildman–Crippen MR) is 94.1 cm³/mol. The van der Waals surface area contributed by atoms with Gasteiger partial charge in [0.05, 0.1) is 6.54 Å². The van der Waals surface area contributed by atoms with Crippen LogP contribution in [-0.4, -0.2) is 34.2 Å². The van der Waals surface area contributed by atoms with Crippen molar-refractivity contribution in [2.75, 3.05) is 13.1 Å². The summed E-state index contributed by atoms with van der Waals surface area (Å²) in [6.07, 6.45) is 3.77. The first-order valence-corrected chi connectivity index (χ1v) is 8.37. The lowest BCUT2D eigenvalue weighted by Gasteiger charge is -2.47. The molecule has 2 aromatic rings. The Bertz CT molecular complexity index is 787. The first-order valence-electron chi connectivity index (χ1n) is 7.58. The maximum Gasteiger partial charge on any atom is 0.245 e. The van der Waals surface area contributed by atoms with Crippen molar-refractivity contribution in [1.29, 1.82) is 0 Å². The number of ketones is 1. The van der Waals surface area contributed by atoms with Gasteiger partial charge >= 0.3 is 0 Å². The molecular weight excluding hydrogens is 356 g/mol. The lowest BCUT2D eigenvalue weighted by atomic mass is 9.77. The van der Waals surface area contributed by atoms with Gasteiger partial charge in [-0.2, -0.15) is 0 Å².